The Morgan fingerprint density at radius 3 is 0.636 bits per heavy atom. The number of hydrogen-bond donors (Lipinski definition) is 0. The largest absolute Gasteiger partial charge is 2.00 e. The summed E-state index contributed by atoms with van der Waals surface area (Å²) in [6.45, 7) is 0. The first kappa shape index (κ1) is 17.7. The van der Waals surface area contributed by atoms with Gasteiger partial charge in [-0.05, 0) is 0 Å². The van der Waals surface area contributed by atoms with Crippen LogP contribution in [-0.4, -0.2) is 0 Å². The Balaban J connectivity index is -0.000000107. The minimum absolute atomic E-state index is 0. The van der Waals surface area contributed by atoms with E-state index in [0.29, 0.717) is 0 Å². The second kappa shape index (κ2) is 6.28. The van der Waals surface area contributed by atoms with Crippen molar-refractivity contribution in [1.82, 2.24) is 0 Å². The third-order valence-corrected chi connectivity index (χ3v) is 0. The van der Waals surface area contributed by atoms with Crippen LogP contribution in [0.25, 0.3) is 0 Å². The predicted molar refractivity (Wildman–Crippen MR) is 15.2 cm³/mol. The zero-order valence-corrected chi connectivity index (χ0v) is 7.19. The van der Waals surface area contributed by atoms with Gasteiger partial charge in [0.25, 0.3) is 0 Å². The Morgan fingerprint density at radius 2 is 0.636 bits per heavy atom. The molecule has 0 unspecified atom stereocenters. The second-order valence-electron chi connectivity index (χ2n) is 0.894. The summed E-state index contributed by atoms with van der Waals surface area (Å²) in [7, 11) is -10.8. The zero-order chi connectivity index (χ0) is 9.00. The molecule has 0 atom stereocenters. The number of hydrogen-bond acceptors (Lipinski definition) is 8. The van der Waals surface area contributed by atoms with Gasteiger partial charge in [-0.15, -0.1) is 0 Å². The van der Waals surface area contributed by atoms with Crippen LogP contribution in [0, 0.1) is 0 Å². The van der Waals surface area contributed by atoms with Crippen LogP contribution in [0.2, 0.25) is 0 Å². The zero-order valence-electron chi connectivity index (χ0n) is 4.46. The summed E-state index contributed by atoms with van der Waals surface area (Å²) < 4.78 is 17.1. The Hall–Kier alpha value is 0.739. The topological polar surface area (TPSA) is 172 Å². The number of rotatable bonds is 0. The van der Waals surface area contributed by atoms with E-state index < -0.39 is 15.6 Å². The van der Waals surface area contributed by atoms with Crippen molar-refractivity contribution in [3.8, 4) is 0 Å². The molecule has 8 nitrogen and oxygen atoms in total. The normalized spacial score (nSPS) is 10.7. The minimum Gasteiger partial charge on any atom is -0.822 e. The first-order valence-electron chi connectivity index (χ1n) is 1.46. The van der Waals surface area contributed by atoms with E-state index in [4.69, 9.17) is 38.5 Å². The average Bonchev–Trinajstić information content (AvgIpc) is 1.12. The van der Waals surface area contributed by atoms with Gasteiger partial charge in [-0.2, -0.15) is 15.6 Å². The van der Waals surface area contributed by atoms with E-state index in [0.717, 1.165) is 0 Å². The van der Waals surface area contributed by atoms with Gasteiger partial charge < -0.3 is 38.5 Å². The summed E-state index contributed by atoms with van der Waals surface area (Å²) in [5.41, 5.74) is 0. The maximum absolute atomic E-state index is 8.55. The molecule has 0 saturated carbocycles. The molecule has 0 bridgehead atoms. The average molecular weight is 253 g/mol. The van der Waals surface area contributed by atoms with Gasteiger partial charge in [0.1, 0.15) is 0 Å². The Kier molecular flexibility index (Phi) is 10.1. The molecule has 0 rings (SSSR count). The summed E-state index contributed by atoms with van der Waals surface area (Å²) in [5.74, 6) is 0. The van der Waals surface area contributed by atoms with Crippen LogP contribution in [0.5, 0.6) is 0 Å². The van der Waals surface area contributed by atoms with Crippen molar-refractivity contribution in [1.29, 1.82) is 0 Å². The van der Waals surface area contributed by atoms with Gasteiger partial charge in [-0.3, -0.25) is 0 Å². The van der Waals surface area contributed by atoms with E-state index in [2.05, 4.69) is 0 Å². The van der Waals surface area contributed by atoms with Crippen LogP contribution in [0.4, 0.5) is 0 Å². The van der Waals surface area contributed by atoms with Crippen LogP contribution in [0.1, 0.15) is 0 Å². The van der Waals surface area contributed by atoms with Gasteiger partial charge >= 0.3 is 17.1 Å². The Labute approximate surface area is 71.8 Å². The van der Waals surface area contributed by atoms with Crippen molar-refractivity contribution in [2.24, 2.45) is 0 Å². The van der Waals surface area contributed by atoms with Crippen LogP contribution < -0.4 is 29.4 Å². The Bertz CT molecular complexity index is 124. The van der Waals surface area contributed by atoms with E-state index in [1.54, 1.807) is 0 Å². The van der Waals surface area contributed by atoms with Gasteiger partial charge in [0, 0.05) is 0 Å². The predicted octanol–water partition coefficient (Wildman–Crippen LogP) is -5.65. The van der Waals surface area contributed by atoms with Gasteiger partial charge in [0.15, 0.2) is 0 Å². The molecule has 11 heavy (non-hydrogen) atoms. The summed E-state index contributed by atoms with van der Waals surface area (Å²) >= 11 is 0. The molecule has 0 aliphatic rings. The maximum atomic E-state index is 8.55. The third kappa shape index (κ3) is 1500. The molecule has 0 spiro atoms. The molecule has 11 heteroatoms. The maximum Gasteiger partial charge on any atom is 2.00 e. The molecule has 0 heterocycles. The molecule has 1 radical (unpaired) electrons. The molecule has 0 saturated heterocycles. The summed E-state index contributed by atoms with van der Waals surface area (Å²) in [5, 5.41) is 0. The number of phosphoric acid groups is 2. The van der Waals surface area contributed by atoms with Crippen LogP contribution in [0.3, 0.4) is 0 Å². The summed E-state index contributed by atoms with van der Waals surface area (Å²) in [4.78, 5) is 51.3. The van der Waals surface area contributed by atoms with E-state index in [9.17, 15) is 0 Å². The molecule has 0 aliphatic heterocycles. The van der Waals surface area contributed by atoms with Crippen LogP contribution in [-0.2, 0) is 26.2 Å². The molecule has 0 aromatic heterocycles. The molecule has 0 aromatic carbocycles. The van der Waals surface area contributed by atoms with Crippen molar-refractivity contribution < 1.29 is 55.6 Å². The molecule has 73 valence electrons. The molecular weight excluding hydrogens is 253 g/mol. The summed E-state index contributed by atoms with van der Waals surface area (Å²) in [6, 6.07) is 0. The standard InChI is InChI=1S/Cu.2H3O4P/c;2*1-5(2,3)4/h;2*(H3,1,2,3,4)/q+2;;/p-6. The van der Waals surface area contributed by atoms with Crippen LogP contribution >= 0.6 is 15.6 Å². The molecule has 0 N–H and O–H groups in total. The van der Waals surface area contributed by atoms with Gasteiger partial charge in [0.05, 0.1) is 0 Å². The summed E-state index contributed by atoms with van der Waals surface area (Å²) in [6.07, 6.45) is 0. The second-order valence-corrected chi connectivity index (χ2v) is 2.68. The van der Waals surface area contributed by atoms with E-state index in [1.807, 2.05) is 0 Å². The van der Waals surface area contributed by atoms with Crippen molar-refractivity contribution in [3.63, 3.8) is 0 Å². The van der Waals surface area contributed by atoms with Crippen molar-refractivity contribution >= 4 is 15.6 Å². The molecule has 0 fully saturated rings. The van der Waals surface area contributed by atoms with Crippen molar-refractivity contribution in [2.45, 2.75) is 0 Å². The van der Waals surface area contributed by atoms with E-state index >= 15 is 0 Å². The van der Waals surface area contributed by atoms with Gasteiger partial charge in [0.2, 0.25) is 0 Å². The SMILES string of the molecule is O=P([O-])([O-])[O-].O=P([O-])([O-])[O-].[Cu+2]. The van der Waals surface area contributed by atoms with Crippen molar-refractivity contribution in [3.05, 3.63) is 0 Å². The molecular formula is CuO8P2-4. The smallest absolute Gasteiger partial charge is 0.822 e. The molecule has 0 aromatic rings. The fraction of sp³-hybridized carbons (Fsp3) is 0. The van der Waals surface area contributed by atoms with E-state index in [1.165, 1.54) is 0 Å². The van der Waals surface area contributed by atoms with Crippen molar-refractivity contribution in [2.75, 3.05) is 0 Å². The quantitative estimate of drug-likeness (QED) is 0.303. The molecule has 0 amide bonds. The minimum atomic E-state index is -5.39. The van der Waals surface area contributed by atoms with E-state index in [-0.39, 0.29) is 17.1 Å². The van der Waals surface area contributed by atoms with Gasteiger partial charge in [-0.1, -0.05) is 0 Å². The van der Waals surface area contributed by atoms with Gasteiger partial charge in [-0.25, -0.2) is 0 Å². The fourth-order valence-corrected chi connectivity index (χ4v) is 0. The van der Waals surface area contributed by atoms with Crippen LogP contribution in [0.15, 0.2) is 0 Å². The first-order chi connectivity index (χ1) is 4.00. The Morgan fingerprint density at radius 1 is 0.636 bits per heavy atom. The fourth-order valence-electron chi connectivity index (χ4n) is 0. The monoisotopic (exact) mass is 253 g/mol. The molecule has 0 aliphatic carbocycles. The third-order valence-electron chi connectivity index (χ3n) is 0. The first-order valence-corrected chi connectivity index (χ1v) is 4.38.